The van der Waals surface area contributed by atoms with Gasteiger partial charge in [-0.05, 0) is 39.2 Å². The van der Waals surface area contributed by atoms with Gasteiger partial charge >= 0.3 is 0 Å². The lowest BCUT2D eigenvalue weighted by Gasteiger charge is -2.45. The Bertz CT molecular complexity index is 375. The van der Waals surface area contributed by atoms with Crippen molar-refractivity contribution in [3.63, 3.8) is 0 Å². The van der Waals surface area contributed by atoms with Gasteiger partial charge in [0.25, 0.3) is 0 Å². The number of nitrogens with zero attached hydrogens (tertiary/aromatic N) is 2. The SMILES string of the molecule is CCCNC1CCN(C(C)(C)c2nccs2)CC1C. The molecule has 0 amide bonds. The first-order valence-electron chi connectivity index (χ1n) is 7.44. The Labute approximate surface area is 121 Å². The normalized spacial score (nSPS) is 25.7. The lowest BCUT2D eigenvalue weighted by Crippen LogP contribution is -2.53. The van der Waals surface area contributed by atoms with Gasteiger partial charge in [0.15, 0.2) is 0 Å². The number of likely N-dealkylation sites (tertiary alicyclic amines) is 1. The summed E-state index contributed by atoms with van der Waals surface area (Å²) in [5.41, 5.74) is 0.0676. The number of piperidine rings is 1. The number of rotatable bonds is 5. The van der Waals surface area contributed by atoms with E-state index in [4.69, 9.17) is 0 Å². The highest BCUT2D eigenvalue weighted by Crippen LogP contribution is 2.33. The lowest BCUT2D eigenvalue weighted by atomic mass is 9.90. The number of hydrogen-bond donors (Lipinski definition) is 1. The van der Waals surface area contributed by atoms with E-state index in [1.54, 1.807) is 11.3 Å². The molecular weight excluding hydrogens is 254 g/mol. The molecule has 0 aromatic carbocycles. The zero-order chi connectivity index (χ0) is 13.9. The molecule has 108 valence electrons. The number of hydrogen-bond acceptors (Lipinski definition) is 4. The van der Waals surface area contributed by atoms with Gasteiger partial charge in [0.1, 0.15) is 5.01 Å². The molecule has 19 heavy (non-hydrogen) atoms. The fourth-order valence-electron chi connectivity index (χ4n) is 2.95. The maximum Gasteiger partial charge on any atom is 0.112 e. The van der Waals surface area contributed by atoms with E-state index in [1.807, 2.05) is 6.20 Å². The molecule has 1 aromatic heterocycles. The van der Waals surface area contributed by atoms with Crippen molar-refractivity contribution in [1.29, 1.82) is 0 Å². The Balaban J connectivity index is 1.98. The molecule has 0 spiro atoms. The molecule has 1 saturated heterocycles. The van der Waals surface area contributed by atoms with Gasteiger partial charge in [-0.3, -0.25) is 4.90 Å². The average Bonchev–Trinajstić information content (AvgIpc) is 2.91. The third kappa shape index (κ3) is 3.36. The van der Waals surface area contributed by atoms with Gasteiger partial charge in [-0.25, -0.2) is 4.98 Å². The van der Waals surface area contributed by atoms with Crippen LogP contribution in [0.2, 0.25) is 0 Å². The van der Waals surface area contributed by atoms with Crippen molar-refractivity contribution in [2.75, 3.05) is 19.6 Å². The topological polar surface area (TPSA) is 28.2 Å². The molecule has 2 rings (SSSR count). The van der Waals surface area contributed by atoms with Crippen LogP contribution in [0.15, 0.2) is 11.6 Å². The molecule has 1 aliphatic rings. The summed E-state index contributed by atoms with van der Waals surface area (Å²) in [6, 6.07) is 0.684. The van der Waals surface area contributed by atoms with Crippen molar-refractivity contribution < 1.29 is 0 Å². The highest BCUT2D eigenvalue weighted by molar-refractivity contribution is 7.09. The first-order valence-corrected chi connectivity index (χ1v) is 8.32. The molecule has 2 heterocycles. The van der Waals surface area contributed by atoms with Gasteiger partial charge in [0, 0.05) is 30.7 Å². The summed E-state index contributed by atoms with van der Waals surface area (Å²) in [4.78, 5) is 7.12. The van der Waals surface area contributed by atoms with E-state index < -0.39 is 0 Å². The van der Waals surface area contributed by atoms with Crippen molar-refractivity contribution in [1.82, 2.24) is 15.2 Å². The second-order valence-electron chi connectivity index (χ2n) is 6.17. The molecule has 1 N–H and O–H groups in total. The Hall–Kier alpha value is -0.450. The Morgan fingerprint density at radius 1 is 1.53 bits per heavy atom. The fourth-order valence-corrected chi connectivity index (χ4v) is 3.74. The van der Waals surface area contributed by atoms with Crippen LogP contribution in [-0.4, -0.2) is 35.6 Å². The van der Waals surface area contributed by atoms with E-state index >= 15 is 0 Å². The highest BCUT2D eigenvalue weighted by atomic mass is 32.1. The van der Waals surface area contributed by atoms with Crippen molar-refractivity contribution in [2.45, 2.75) is 52.1 Å². The standard InChI is InChI=1S/C15H27N3S/c1-5-7-16-13-6-9-18(11-12(13)2)15(3,4)14-17-8-10-19-14/h8,10,12-13,16H,5-7,9,11H2,1-4H3. The third-order valence-corrected chi connectivity index (χ3v) is 5.39. The monoisotopic (exact) mass is 281 g/mol. The molecule has 3 nitrogen and oxygen atoms in total. The van der Waals surface area contributed by atoms with Crippen LogP contribution in [0.1, 0.15) is 45.5 Å². The quantitative estimate of drug-likeness (QED) is 0.899. The van der Waals surface area contributed by atoms with E-state index in [0.717, 1.165) is 19.6 Å². The summed E-state index contributed by atoms with van der Waals surface area (Å²) in [6.45, 7) is 12.7. The maximum absolute atomic E-state index is 4.52. The molecular formula is C15H27N3S. The summed E-state index contributed by atoms with van der Waals surface area (Å²) in [7, 11) is 0. The second-order valence-corrected chi connectivity index (χ2v) is 7.06. The van der Waals surface area contributed by atoms with Crippen molar-refractivity contribution >= 4 is 11.3 Å². The van der Waals surface area contributed by atoms with Crippen LogP contribution in [0.25, 0.3) is 0 Å². The van der Waals surface area contributed by atoms with Crippen LogP contribution < -0.4 is 5.32 Å². The minimum Gasteiger partial charge on any atom is -0.314 e. The Kier molecular flexibility index (Phi) is 4.98. The van der Waals surface area contributed by atoms with Crippen molar-refractivity contribution in [2.24, 2.45) is 5.92 Å². The minimum atomic E-state index is 0.0676. The average molecular weight is 281 g/mol. The molecule has 0 saturated carbocycles. The van der Waals surface area contributed by atoms with Gasteiger partial charge in [-0.15, -0.1) is 11.3 Å². The van der Waals surface area contributed by atoms with E-state index in [9.17, 15) is 0 Å². The predicted molar refractivity (Wildman–Crippen MR) is 82.6 cm³/mol. The Morgan fingerprint density at radius 2 is 2.32 bits per heavy atom. The van der Waals surface area contributed by atoms with Crippen molar-refractivity contribution in [3.8, 4) is 0 Å². The molecule has 1 aromatic rings. The highest BCUT2D eigenvalue weighted by Gasteiger charge is 2.36. The second kappa shape index (κ2) is 6.33. The van der Waals surface area contributed by atoms with E-state index in [1.165, 1.54) is 17.8 Å². The summed E-state index contributed by atoms with van der Waals surface area (Å²) in [5.74, 6) is 0.708. The number of aromatic nitrogens is 1. The number of nitrogens with one attached hydrogen (secondary N) is 1. The zero-order valence-corrected chi connectivity index (χ0v) is 13.5. The van der Waals surface area contributed by atoms with Gasteiger partial charge in [0.05, 0.1) is 5.54 Å². The minimum absolute atomic E-state index is 0.0676. The molecule has 4 heteroatoms. The van der Waals surface area contributed by atoms with Crippen LogP contribution >= 0.6 is 11.3 Å². The summed E-state index contributed by atoms with van der Waals surface area (Å²) < 4.78 is 0. The summed E-state index contributed by atoms with van der Waals surface area (Å²) in [5, 5.41) is 7.00. The van der Waals surface area contributed by atoms with Gasteiger partial charge in [-0.2, -0.15) is 0 Å². The summed E-state index contributed by atoms with van der Waals surface area (Å²) in [6.07, 6.45) is 4.38. The lowest BCUT2D eigenvalue weighted by molar-refractivity contribution is 0.0524. The molecule has 2 unspecified atom stereocenters. The third-order valence-electron chi connectivity index (χ3n) is 4.31. The molecule has 1 aliphatic heterocycles. The van der Waals surface area contributed by atoms with Gasteiger partial charge in [-0.1, -0.05) is 13.8 Å². The predicted octanol–water partition coefficient (Wildman–Crippen LogP) is 3.09. The van der Waals surface area contributed by atoms with Crippen LogP contribution in [0.3, 0.4) is 0 Å². The maximum atomic E-state index is 4.52. The van der Waals surface area contributed by atoms with Crippen LogP contribution in [-0.2, 0) is 5.54 Å². The smallest absolute Gasteiger partial charge is 0.112 e. The molecule has 2 atom stereocenters. The van der Waals surface area contributed by atoms with Crippen LogP contribution in [0, 0.1) is 5.92 Å². The zero-order valence-electron chi connectivity index (χ0n) is 12.6. The van der Waals surface area contributed by atoms with E-state index in [-0.39, 0.29) is 5.54 Å². The molecule has 0 radical (unpaired) electrons. The first kappa shape index (κ1) is 14.9. The Morgan fingerprint density at radius 3 is 2.89 bits per heavy atom. The van der Waals surface area contributed by atoms with E-state index in [2.05, 4.69) is 48.3 Å². The largest absolute Gasteiger partial charge is 0.314 e. The van der Waals surface area contributed by atoms with Gasteiger partial charge < -0.3 is 5.32 Å². The summed E-state index contributed by atoms with van der Waals surface area (Å²) >= 11 is 1.77. The molecule has 1 fully saturated rings. The van der Waals surface area contributed by atoms with Crippen LogP contribution in [0.4, 0.5) is 0 Å². The number of thiazole rings is 1. The molecule has 0 aliphatic carbocycles. The van der Waals surface area contributed by atoms with E-state index in [0.29, 0.717) is 12.0 Å². The fraction of sp³-hybridized carbons (Fsp3) is 0.800. The molecule has 0 bridgehead atoms. The first-order chi connectivity index (χ1) is 9.05. The van der Waals surface area contributed by atoms with Crippen LogP contribution in [0.5, 0.6) is 0 Å². The van der Waals surface area contributed by atoms with Crippen molar-refractivity contribution in [3.05, 3.63) is 16.6 Å². The van der Waals surface area contributed by atoms with Gasteiger partial charge in [0.2, 0.25) is 0 Å².